The van der Waals surface area contributed by atoms with E-state index >= 15 is 0 Å². The minimum absolute atomic E-state index is 0.106. The van der Waals surface area contributed by atoms with Crippen molar-refractivity contribution in [2.45, 2.75) is 116 Å². The summed E-state index contributed by atoms with van der Waals surface area (Å²) in [5.74, 6) is -1.40. The molecule has 0 aromatic carbocycles. The van der Waals surface area contributed by atoms with Crippen LogP contribution >= 0.6 is 0 Å². The normalized spacial score (nSPS) is 25.3. The maximum atomic E-state index is 12.6. The topological polar surface area (TPSA) is 61.8 Å². The molecule has 3 fully saturated rings. The van der Waals surface area contributed by atoms with Crippen LogP contribution in [0.1, 0.15) is 104 Å². The smallest absolute Gasteiger partial charge is 0.312 e. The van der Waals surface area contributed by atoms with E-state index in [1.807, 2.05) is 0 Å². The highest BCUT2D eigenvalue weighted by atomic mass is 16.6. The monoisotopic (exact) mass is 410 g/mol. The number of hydrogen-bond donors (Lipinski definition) is 0. The molecule has 3 rings (SSSR count). The fraction of sp³-hybridized carbons (Fsp3) is 0.917. The molecular formula is C24H42O5. The molecule has 2 saturated heterocycles. The lowest BCUT2D eigenvalue weighted by molar-refractivity contribution is -0.222. The molecule has 5 nitrogen and oxygen atoms in total. The predicted octanol–water partition coefficient (Wildman–Crippen LogP) is 5.59. The van der Waals surface area contributed by atoms with Crippen LogP contribution < -0.4 is 0 Å². The van der Waals surface area contributed by atoms with Gasteiger partial charge in [-0.3, -0.25) is 9.59 Å². The van der Waals surface area contributed by atoms with Gasteiger partial charge in [-0.2, -0.15) is 0 Å². The largest absolute Gasteiger partial charge is 0.465 e. The minimum atomic E-state index is -0.489. The van der Waals surface area contributed by atoms with Gasteiger partial charge < -0.3 is 14.2 Å². The molecule has 0 aromatic rings. The summed E-state index contributed by atoms with van der Waals surface area (Å²) in [5.41, 5.74) is 0. The Bertz CT molecular complexity index is 472. The van der Waals surface area contributed by atoms with E-state index in [9.17, 15) is 9.59 Å². The molecule has 2 heterocycles. The molecule has 3 aliphatic rings. The van der Waals surface area contributed by atoms with E-state index < -0.39 is 11.8 Å². The highest BCUT2D eigenvalue weighted by Gasteiger charge is 2.54. The van der Waals surface area contributed by atoms with Crippen LogP contribution in [0, 0.1) is 11.8 Å². The summed E-state index contributed by atoms with van der Waals surface area (Å²) in [6, 6.07) is 0. The first-order valence-corrected chi connectivity index (χ1v) is 12.2. The standard InChI is InChI=1S/C24H42O5/c1-3-5-7-9-11-13-15-27-23(25)20-17-19-18-21(29-19)22(20)24(26)28-16-14-12-10-8-6-4-2/h19-22H,3-18H2,1-2H3. The number of unbranched alkanes of at least 4 members (excludes halogenated alkanes) is 10. The average molecular weight is 411 g/mol. The Balaban J connectivity index is 1.67. The third kappa shape index (κ3) is 8.27. The number of carbonyl (C=O) groups is 2. The van der Waals surface area contributed by atoms with Crippen molar-refractivity contribution in [3.63, 3.8) is 0 Å². The van der Waals surface area contributed by atoms with E-state index in [0.29, 0.717) is 19.6 Å². The maximum Gasteiger partial charge on any atom is 0.312 e. The third-order valence-corrected chi connectivity index (χ3v) is 6.27. The van der Waals surface area contributed by atoms with Gasteiger partial charge >= 0.3 is 11.9 Å². The lowest BCUT2D eigenvalue weighted by atomic mass is 9.72. The van der Waals surface area contributed by atoms with E-state index in [4.69, 9.17) is 14.2 Å². The second-order valence-electron chi connectivity index (χ2n) is 8.77. The number of rotatable bonds is 16. The second kappa shape index (κ2) is 14.0. The average Bonchev–Trinajstić information content (AvgIpc) is 2.71. The predicted molar refractivity (Wildman–Crippen MR) is 114 cm³/mol. The van der Waals surface area contributed by atoms with E-state index in [-0.39, 0.29) is 24.1 Å². The van der Waals surface area contributed by atoms with Crippen molar-refractivity contribution in [3.05, 3.63) is 0 Å². The summed E-state index contributed by atoms with van der Waals surface area (Å²) in [6.07, 6.45) is 15.2. The molecule has 0 aromatic heterocycles. The van der Waals surface area contributed by atoms with Gasteiger partial charge in [0.2, 0.25) is 0 Å². The lowest BCUT2D eigenvalue weighted by Crippen LogP contribution is -2.57. The molecule has 168 valence electrons. The zero-order valence-corrected chi connectivity index (χ0v) is 18.7. The highest BCUT2D eigenvalue weighted by molar-refractivity contribution is 5.83. The summed E-state index contributed by atoms with van der Waals surface area (Å²) in [5, 5.41) is 0. The first-order valence-electron chi connectivity index (χ1n) is 12.2. The van der Waals surface area contributed by atoms with Crippen molar-refractivity contribution in [2.75, 3.05) is 13.2 Å². The van der Waals surface area contributed by atoms with Gasteiger partial charge in [0, 0.05) is 6.42 Å². The number of hydrogen-bond acceptors (Lipinski definition) is 5. The Morgan fingerprint density at radius 1 is 0.724 bits per heavy atom. The van der Waals surface area contributed by atoms with Crippen LogP contribution in [0.3, 0.4) is 0 Å². The molecular weight excluding hydrogens is 368 g/mol. The van der Waals surface area contributed by atoms with Crippen LogP contribution in [-0.4, -0.2) is 37.4 Å². The Kier molecular flexibility index (Phi) is 11.7. The van der Waals surface area contributed by atoms with Gasteiger partial charge in [0.25, 0.3) is 0 Å². The molecule has 2 aliphatic heterocycles. The second-order valence-corrected chi connectivity index (χ2v) is 8.77. The van der Waals surface area contributed by atoms with Crippen molar-refractivity contribution in [1.29, 1.82) is 0 Å². The number of ether oxygens (including phenoxy) is 3. The quantitative estimate of drug-likeness (QED) is 0.245. The van der Waals surface area contributed by atoms with Crippen LogP contribution in [-0.2, 0) is 23.8 Å². The lowest BCUT2D eigenvalue weighted by Gasteiger charge is -2.48. The molecule has 0 radical (unpaired) electrons. The zero-order valence-electron chi connectivity index (χ0n) is 18.7. The number of fused-ring (bicyclic) bond motifs is 2. The summed E-state index contributed by atoms with van der Waals surface area (Å²) >= 11 is 0. The molecule has 4 atom stereocenters. The van der Waals surface area contributed by atoms with Crippen molar-refractivity contribution in [3.8, 4) is 0 Å². The van der Waals surface area contributed by atoms with Crippen LogP contribution in [0.2, 0.25) is 0 Å². The van der Waals surface area contributed by atoms with Crippen molar-refractivity contribution in [2.24, 2.45) is 11.8 Å². The SMILES string of the molecule is CCCCCCCCOC(=O)C1CC2CC(O2)C1C(=O)OCCCCCCCC. The summed E-state index contributed by atoms with van der Waals surface area (Å²) in [6.45, 7) is 5.30. The van der Waals surface area contributed by atoms with Gasteiger partial charge in [-0.05, 0) is 19.3 Å². The first-order chi connectivity index (χ1) is 14.2. The maximum absolute atomic E-state index is 12.6. The van der Waals surface area contributed by atoms with Gasteiger partial charge in [0.15, 0.2) is 0 Å². The minimum Gasteiger partial charge on any atom is -0.465 e. The molecule has 2 bridgehead atoms. The Morgan fingerprint density at radius 3 is 1.76 bits per heavy atom. The third-order valence-electron chi connectivity index (χ3n) is 6.27. The highest BCUT2D eigenvalue weighted by Crippen LogP contribution is 2.43. The van der Waals surface area contributed by atoms with Gasteiger partial charge in [-0.25, -0.2) is 0 Å². The molecule has 29 heavy (non-hydrogen) atoms. The van der Waals surface area contributed by atoms with Gasteiger partial charge in [0.05, 0.1) is 37.3 Å². The van der Waals surface area contributed by atoms with E-state index in [1.54, 1.807) is 0 Å². The van der Waals surface area contributed by atoms with Gasteiger partial charge in [0.1, 0.15) is 0 Å². The Labute approximate surface area is 177 Å². The molecule has 4 unspecified atom stereocenters. The molecule has 1 aliphatic carbocycles. The fourth-order valence-corrected chi connectivity index (χ4v) is 4.44. The Morgan fingerprint density at radius 2 is 1.21 bits per heavy atom. The fourth-order valence-electron chi connectivity index (χ4n) is 4.44. The van der Waals surface area contributed by atoms with Gasteiger partial charge in [-0.15, -0.1) is 0 Å². The summed E-state index contributed by atoms with van der Waals surface area (Å²) < 4.78 is 16.8. The zero-order chi connectivity index (χ0) is 20.9. The summed E-state index contributed by atoms with van der Waals surface area (Å²) in [4.78, 5) is 25.3. The molecule has 0 N–H and O–H groups in total. The van der Waals surface area contributed by atoms with E-state index in [2.05, 4.69) is 13.8 Å². The first kappa shape index (κ1) is 24.2. The molecule has 0 spiro atoms. The Hall–Kier alpha value is -1.10. The van der Waals surface area contributed by atoms with E-state index in [0.717, 1.165) is 32.1 Å². The molecule has 5 heteroatoms. The van der Waals surface area contributed by atoms with Crippen LogP contribution in [0.25, 0.3) is 0 Å². The number of carbonyl (C=O) groups excluding carboxylic acids is 2. The van der Waals surface area contributed by atoms with Gasteiger partial charge in [-0.1, -0.05) is 78.1 Å². The van der Waals surface area contributed by atoms with Crippen LogP contribution in [0.5, 0.6) is 0 Å². The van der Waals surface area contributed by atoms with Crippen LogP contribution in [0.4, 0.5) is 0 Å². The van der Waals surface area contributed by atoms with Crippen molar-refractivity contribution >= 4 is 11.9 Å². The summed E-state index contributed by atoms with van der Waals surface area (Å²) in [7, 11) is 0. The number of esters is 2. The van der Waals surface area contributed by atoms with Crippen molar-refractivity contribution in [1.82, 2.24) is 0 Å². The molecule has 1 saturated carbocycles. The van der Waals surface area contributed by atoms with Crippen molar-refractivity contribution < 1.29 is 23.8 Å². The molecule has 0 amide bonds. The van der Waals surface area contributed by atoms with E-state index in [1.165, 1.54) is 51.4 Å². The van der Waals surface area contributed by atoms with Crippen LogP contribution in [0.15, 0.2) is 0 Å².